The number of Topliss-reactive ketones (excluding diaryl/α,β-unsaturated/α-hetero) is 1. The molecule has 1 fully saturated rings. The number of amides is 1. The fourth-order valence-electron chi connectivity index (χ4n) is 7.59. The van der Waals surface area contributed by atoms with Gasteiger partial charge >= 0.3 is 11.9 Å². The Balaban J connectivity index is 1.91. The summed E-state index contributed by atoms with van der Waals surface area (Å²) in [7, 11) is -2.36. The highest BCUT2D eigenvalue weighted by atomic mass is 28.4. The summed E-state index contributed by atoms with van der Waals surface area (Å²) in [6.07, 6.45) is 15.0. The van der Waals surface area contributed by atoms with Gasteiger partial charge in [-0.25, -0.2) is 9.59 Å². The van der Waals surface area contributed by atoms with Crippen LogP contribution in [-0.2, 0) is 44.2 Å². The van der Waals surface area contributed by atoms with Crippen molar-refractivity contribution < 1.29 is 52.4 Å². The zero-order chi connectivity index (χ0) is 50.3. The summed E-state index contributed by atoms with van der Waals surface area (Å²) in [6.45, 7) is 20.3. The summed E-state index contributed by atoms with van der Waals surface area (Å²) in [5, 5.41) is 15.3. The highest BCUT2D eigenvalue weighted by Gasteiger charge is 2.50. The van der Waals surface area contributed by atoms with Crippen molar-refractivity contribution in [3.8, 4) is 17.6 Å². The van der Waals surface area contributed by atoms with E-state index in [0.29, 0.717) is 36.5 Å². The molecule has 13 heteroatoms. The first-order chi connectivity index (χ1) is 32.1. The zero-order valence-electron chi connectivity index (χ0n) is 43.0. The molecule has 1 saturated heterocycles. The molecule has 68 heavy (non-hydrogen) atoms. The van der Waals surface area contributed by atoms with E-state index in [1.807, 2.05) is 6.08 Å². The summed E-state index contributed by atoms with van der Waals surface area (Å²) >= 11 is 0. The molecule has 1 aliphatic heterocycles. The molecule has 2 aromatic carbocycles. The Morgan fingerprint density at radius 3 is 2.07 bits per heavy atom. The van der Waals surface area contributed by atoms with Crippen LogP contribution in [0.2, 0.25) is 18.1 Å². The first-order valence-corrected chi connectivity index (χ1v) is 27.8. The highest BCUT2D eigenvalue weighted by Crippen LogP contribution is 2.38. The van der Waals surface area contributed by atoms with E-state index < -0.39 is 67.5 Å². The molecule has 3 atom stereocenters. The van der Waals surface area contributed by atoms with E-state index in [-0.39, 0.29) is 31.1 Å². The molecular formula is C55H83NO11Si. The predicted molar refractivity (Wildman–Crippen MR) is 270 cm³/mol. The summed E-state index contributed by atoms with van der Waals surface area (Å²) in [4.78, 5) is 56.1. The lowest BCUT2D eigenvalue weighted by Crippen LogP contribution is -2.57. The third-order valence-electron chi connectivity index (χ3n) is 12.7. The minimum absolute atomic E-state index is 0.0250. The van der Waals surface area contributed by atoms with Crippen molar-refractivity contribution in [2.75, 3.05) is 33.0 Å². The fraction of sp³-hybridized carbons (Fsp3) is 0.636. The maximum atomic E-state index is 14.8. The van der Waals surface area contributed by atoms with Gasteiger partial charge in [0, 0.05) is 37.9 Å². The van der Waals surface area contributed by atoms with Crippen molar-refractivity contribution in [2.45, 2.75) is 186 Å². The number of ether oxygens (including phenoxy) is 5. The molecule has 2 aromatic rings. The zero-order valence-corrected chi connectivity index (χ0v) is 44.0. The summed E-state index contributed by atoms with van der Waals surface area (Å²) < 4.78 is 35.8. The molecule has 378 valence electrons. The number of carbonyl (C=O) groups is 4. The van der Waals surface area contributed by atoms with E-state index in [4.69, 9.17) is 28.1 Å². The van der Waals surface area contributed by atoms with E-state index in [2.05, 4.69) is 57.9 Å². The molecule has 2 N–H and O–H groups in total. The lowest BCUT2D eigenvalue weighted by Gasteiger charge is -2.38. The van der Waals surface area contributed by atoms with Crippen LogP contribution in [0.5, 0.6) is 5.75 Å². The van der Waals surface area contributed by atoms with Crippen LogP contribution in [0.3, 0.4) is 0 Å². The Labute approximate surface area is 409 Å². The van der Waals surface area contributed by atoms with Crippen LogP contribution in [0.15, 0.2) is 66.7 Å². The van der Waals surface area contributed by atoms with Crippen LogP contribution in [-0.4, -0.2) is 93.1 Å². The van der Waals surface area contributed by atoms with Gasteiger partial charge in [-0.1, -0.05) is 127 Å². The number of nitrogens with one attached hydrogen (secondary N) is 1. The third-order valence-corrected chi connectivity index (χ3v) is 17.2. The molecule has 0 bridgehead atoms. The van der Waals surface area contributed by atoms with E-state index in [0.717, 1.165) is 44.9 Å². The molecule has 1 amide bonds. The topological polar surface area (TPSA) is 156 Å². The Morgan fingerprint density at radius 1 is 0.868 bits per heavy atom. The number of hydrogen-bond acceptors (Lipinski definition) is 11. The quantitative estimate of drug-likeness (QED) is 0.0192. The van der Waals surface area contributed by atoms with E-state index in [1.54, 1.807) is 88.4 Å². The fourth-order valence-corrected chi connectivity index (χ4v) is 8.64. The molecule has 0 saturated carbocycles. The Kier molecular flexibility index (Phi) is 24.2. The van der Waals surface area contributed by atoms with Gasteiger partial charge in [0.15, 0.2) is 32.1 Å². The number of benzene rings is 2. The van der Waals surface area contributed by atoms with Crippen molar-refractivity contribution in [1.29, 1.82) is 0 Å². The van der Waals surface area contributed by atoms with Gasteiger partial charge in [-0.15, -0.1) is 5.92 Å². The van der Waals surface area contributed by atoms with Gasteiger partial charge in [-0.05, 0) is 89.2 Å². The van der Waals surface area contributed by atoms with E-state index in [1.165, 1.54) is 25.7 Å². The van der Waals surface area contributed by atoms with Crippen LogP contribution in [0.25, 0.3) is 0 Å². The number of esters is 2. The molecule has 1 heterocycles. The Hall–Kier alpha value is -4.32. The van der Waals surface area contributed by atoms with Crippen molar-refractivity contribution in [2.24, 2.45) is 5.92 Å². The highest BCUT2D eigenvalue weighted by molar-refractivity contribution is 6.74. The van der Waals surface area contributed by atoms with E-state index in [9.17, 15) is 24.3 Å². The smallest absolute Gasteiger partial charge is 0.339 e. The SMILES string of the molecule is CC#CCOc1ccc(C[C@H](NC(=O)[C@@H](/C=C/CCCCCCC2(CCCCCCC)OCCO2)[C@@](O)(CCO[Si](C)(C)C(C)(C)C)C(=O)OC(C)(C)C)C(=O)OCC(=O)c2ccccc2)cc1. The maximum absolute atomic E-state index is 14.8. The molecule has 0 aromatic heterocycles. The van der Waals surface area contributed by atoms with Crippen molar-refractivity contribution in [3.63, 3.8) is 0 Å². The molecule has 0 aliphatic carbocycles. The Bertz CT molecular complexity index is 1940. The van der Waals surface area contributed by atoms with Crippen LogP contribution in [0, 0.1) is 17.8 Å². The standard InChI is InChI=1S/C55H83NO11Si/c1-11-13-15-19-25-34-54(64-39-40-65-54)35-26-20-17-16-18-24-29-46(55(61,51(60)67-52(3,4)5)36-38-66-68(9,10)53(6,7)8)49(58)56-47(41-43-30-32-45(33-31-43)62-37-14-12-2)50(59)63-42-48(57)44-27-22-21-23-28-44/h21-24,27-33,46-47,61H,11,13,15-20,25-26,34-42H2,1-10H3,(H,56,58)/b29-24+/t46-,47+,55+/m1/s1. The number of unbranched alkanes of at least 4 members (excludes halogenated alkanes) is 8. The molecule has 12 nitrogen and oxygen atoms in total. The molecule has 0 spiro atoms. The number of hydrogen-bond donors (Lipinski definition) is 2. The van der Waals surface area contributed by atoms with Crippen molar-refractivity contribution in [3.05, 3.63) is 77.9 Å². The van der Waals surface area contributed by atoms with Gasteiger partial charge in [-0.2, -0.15) is 0 Å². The average molecular weight is 962 g/mol. The van der Waals surface area contributed by atoms with Crippen molar-refractivity contribution >= 4 is 31.9 Å². The number of rotatable bonds is 30. The van der Waals surface area contributed by atoms with Crippen LogP contribution in [0.1, 0.15) is 155 Å². The summed E-state index contributed by atoms with van der Waals surface area (Å²) in [5.74, 6) is 1.14. The van der Waals surface area contributed by atoms with Gasteiger partial charge in [0.2, 0.25) is 5.91 Å². The van der Waals surface area contributed by atoms with Gasteiger partial charge in [0.25, 0.3) is 0 Å². The number of ketones is 1. The summed E-state index contributed by atoms with van der Waals surface area (Å²) in [5.41, 5.74) is -2.39. The second-order valence-corrected chi connectivity index (χ2v) is 25.2. The molecule has 0 unspecified atom stereocenters. The van der Waals surface area contributed by atoms with Crippen LogP contribution in [0.4, 0.5) is 0 Å². The van der Waals surface area contributed by atoms with Gasteiger partial charge in [0.05, 0.1) is 19.1 Å². The molecular weight excluding hydrogens is 879 g/mol. The minimum atomic E-state index is -2.40. The second-order valence-electron chi connectivity index (χ2n) is 20.4. The monoisotopic (exact) mass is 962 g/mol. The Morgan fingerprint density at radius 2 is 1.49 bits per heavy atom. The third kappa shape index (κ3) is 20.0. The number of aliphatic hydroxyl groups is 1. The predicted octanol–water partition coefficient (Wildman–Crippen LogP) is 10.6. The normalized spacial score (nSPS) is 15.7. The van der Waals surface area contributed by atoms with Gasteiger partial charge in [0.1, 0.15) is 24.0 Å². The molecule has 1 aliphatic rings. The number of carbonyl (C=O) groups excluding carboxylic acids is 4. The lowest BCUT2D eigenvalue weighted by molar-refractivity contribution is -0.185. The average Bonchev–Trinajstić information content (AvgIpc) is 3.75. The lowest BCUT2D eigenvalue weighted by atomic mass is 9.82. The van der Waals surface area contributed by atoms with E-state index >= 15 is 0 Å². The first-order valence-electron chi connectivity index (χ1n) is 24.9. The van der Waals surface area contributed by atoms with Crippen molar-refractivity contribution in [1.82, 2.24) is 5.32 Å². The molecule has 0 radical (unpaired) electrons. The van der Waals surface area contributed by atoms with Crippen LogP contribution < -0.4 is 10.1 Å². The summed E-state index contributed by atoms with van der Waals surface area (Å²) in [6, 6.07) is 14.1. The number of allylic oxidation sites excluding steroid dienone is 1. The van der Waals surface area contributed by atoms with Gasteiger partial charge < -0.3 is 38.5 Å². The minimum Gasteiger partial charge on any atom is -0.481 e. The maximum Gasteiger partial charge on any atom is 0.339 e. The first kappa shape index (κ1) is 58.0. The molecule has 3 rings (SSSR count). The largest absolute Gasteiger partial charge is 0.481 e. The van der Waals surface area contributed by atoms with Gasteiger partial charge in [-0.3, -0.25) is 9.59 Å². The second kappa shape index (κ2) is 28.4. The van der Waals surface area contributed by atoms with Crippen LogP contribution >= 0.6 is 0 Å².